The van der Waals surface area contributed by atoms with Gasteiger partial charge in [-0.2, -0.15) is 5.10 Å². The van der Waals surface area contributed by atoms with E-state index >= 15 is 0 Å². The SMILES string of the molecule is CCCNCc1cc(Br)ccc1-n1nc(C)c(C)c1C. The summed E-state index contributed by atoms with van der Waals surface area (Å²) >= 11 is 3.56. The molecule has 108 valence electrons. The van der Waals surface area contributed by atoms with Gasteiger partial charge in [-0.1, -0.05) is 22.9 Å². The third-order valence-corrected chi connectivity index (χ3v) is 4.16. The van der Waals surface area contributed by atoms with Gasteiger partial charge < -0.3 is 5.32 Å². The van der Waals surface area contributed by atoms with Crippen molar-refractivity contribution in [3.05, 3.63) is 45.2 Å². The number of aryl methyl sites for hydroxylation is 1. The molecule has 3 nitrogen and oxygen atoms in total. The first kappa shape index (κ1) is 15.3. The van der Waals surface area contributed by atoms with Crippen LogP contribution in [0.15, 0.2) is 22.7 Å². The molecule has 0 fully saturated rings. The highest BCUT2D eigenvalue weighted by Crippen LogP contribution is 2.23. The summed E-state index contributed by atoms with van der Waals surface area (Å²) in [4.78, 5) is 0. The number of nitrogens with one attached hydrogen (secondary N) is 1. The number of rotatable bonds is 5. The second-order valence-electron chi connectivity index (χ2n) is 5.16. The second-order valence-corrected chi connectivity index (χ2v) is 6.07. The van der Waals surface area contributed by atoms with Crippen molar-refractivity contribution in [3.8, 4) is 5.69 Å². The molecule has 20 heavy (non-hydrogen) atoms. The van der Waals surface area contributed by atoms with Crippen LogP contribution < -0.4 is 5.32 Å². The number of benzene rings is 1. The molecule has 0 spiro atoms. The summed E-state index contributed by atoms with van der Waals surface area (Å²) in [5.41, 5.74) is 5.99. The molecule has 0 aliphatic heterocycles. The highest BCUT2D eigenvalue weighted by Gasteiger charge is 2.12. The van der Waals surface area contributed by atoms with Crippen LogP contribution in [0.5, 0.6) is 0 Å². The maximum atomic E-state index is 4.67. The highest BCUT2D eigenvalue weighted by atomic mass is 79.9. The van der Waals surface area contributed by atoms with Crippen molar-refractivity contribution >= 4 is 15.9 Å². The van der Waals surface area contributed by atoms with Crippen molar-refractivity contribution in [1.29, 1.82) is 0 Å². The van der Waals surface area contributed by atoms with E-state index in [1.807, 2.05) is 0 Å². The first-order valence-electron chi connectivity index (χ1n) is 7.07. The Morgan fingerprint density at radius 2 is 2.00 bits per heavy atom. The largest absolute Gasteiger partial charge is 0.313 e. The van der Waals surface area contributed by atoms with Crippen molar-refractivity contribution in [1.82, 2.24) is 15.1 Å². The quantitative estimate of drug-likeness (QED) is 0.835. The summed E-state index contributed by atoms with van der Waals surface area (Å²) in [5.74, 6) is 0. The van der Waals surface area contributed by atoms with Crippen LogP contribution in [0.2, 0.25) is 0 Å². The molecule has 1 heterocycles. The fourth-order valence-electron chi connectivity index (χ4n) is 2.26. The van der Waals surface area contributed by atoms with Gasteiger partial charge in [0.2, 0.25) is 0 Å². The van der Waals surface area contributed by atoms with E-state index in [1.54, 1.807) is 0 Å². The smallest absolute Gasteiger partial charge is 0.0694 e. The Bertz CT molecular complexity index is 602. The predicted octanol–water partition coefficient (Wildman–Crippen LogP) is 4.06. The fourth-order valence-corrected chi connectivity index (χ4v) is 2.67. The minimum Gasteiger partial charge on any atom is -0.313 e. The van der Waals surface area contributed by atoms with Gasteiger partial charge in [-0.05, 0) is 63.1 Å². The van der Waals surface area contributed by atoms with Gasteiger partial charge >= 0.3 is 0 Å². The Labute approximate surface area is 129 Å². The van der Waals surface area contributed by atoms with E-state index < -0.39 is 0 Å². The normalized spacial score (nSPS) is 11.1. The molecule has 1 N–H and O–H groups in total. The summed E-state index contributed by atoms with van der Waals surface area (Å²) in [6.07, 6.45) is 1.14. The lowest BCUT2D eigenvalue weighted by atomic mass is 10.1. The lowest BCUT2D eigenvalue weighted by Crippen LogP contribution is -2.16. The molecule has 2 aromatic rings. The monoisotopic (exact) mass is 335 g/mol. The molecule has 1 aromatic carbocycles. The highest BCUT2D eigenvalue weighted by molar-refractivity contribution is 9.10. The number of hydrogen-bond acceptors (Lipinski definition) is 2. The standard InChI is InChI=1S/C16H22BrN3/c1-5-8-18-10-14-9-15(17)6-7-16(14)20-13(4)11(2)12(3)19-20/h6-7,9,18H,5,8,10H2,1-4H3. The minimum absolute atomic E-state index is 0.861. The average Bonchev–Trinajstić information content (AvgIpc) is 2.67. The zero-order chi connectivity index (χ0) is 14.7. The lowest BCUT2D eigenvalue weighted by molar-refractivity contribution is 0.668. The zero-order valence-electron chi connectivity index (χ0n) is 12.6. The summed E-state index contributed by atoms with van der Waals surface area (Å²) < 4.78 is 3.16. The van der Waals surface area contributed by atoms with Gasteiger partial charge in [-0.25, -0.2) is 4.68 Å². The van der Waals surface area contributed by atoms with Crippen molar-refractivity contribution in [3.63, 3.8) is 0 Å². The summed E-state index contributed by atoms with van der Waals surface area (Å²) in [6.45, 7) is 10.4. The third-order valence-electron chi connectivity index (χ3n) is 3.67. The Hall–Kier alpha value is -1.13. The zero-order valence-corrected chi connectivity index (χ0v) is 14.2. The van der Waals surface area contributed by atoms with Crippen LogP contribution in [0.1, 0.15) is 35.9 Å². The van der Waals surface area contributed by atoms with Crippen LogP contribution >= 0.6 is 15.9 Å². The van der Waals surface area contributed by atoms with E-state index in [0.717, 1.165) is 35.4 Å². The molecule has 0 saturated carbocycles. The predicted molar refractivity (Wildman–Crippen MR) is 87.5 cm³/mol. The van der Waals surface area contributed by atoms with E-state index in [4.69, 9.17) is 0 Å². The number of aromatic nitrogens is 2. The molecule has 4 heteroatoms. The molecule has 0 atom stereocenters. The van der Waals surface area contributed by atoms with Crippen LogP contribution in [-0.4, -0.2) is 16.3 Å². The van der Waals surface area contributed by atoms with Crippen LogP contribution in [0, 0.1) is 20.8 Å². The number of nitrogens with zero attached hydrogens (tertiary/aromatic N) is 2. The van der Waals surface area contributed by atoms with Gasteiger partial charge in [0, 0.05) is 16.7 Å². The number of hydrogen-bond donors (Lipinski definition) is 1. The molecular formula is C16H22BrN3. The van der Waals surface area contributed by atoms with Crippen LogP contribution in [0.4, 0.5) is 0 Å². The summed E-state index contributed by atoms with van der Waals surface area (Å²) in [6, 6.07) is 6.38. The lowest BCUT2D eigenvalue weighted by Gasteiger charge is -2.13. The van der Waals surface area contributed by atoms with Gasteiger partial charge in [0.25, 0.3) is 0 Å². The van der Waals surface area contributed by atoms with E-state index in [1.165, 1.54) is 16.8 Å². The molecule has 0 aliphatic rings. The van der Waals surface area contributed by atoms with E-state index in [0.29, 0.717) is 0 Å². The van der Waals surface area contributed by atoms with Gasteiger partial charge in [0.15, 0.2) is 0 Å². The Kier molecular flexibility index (Phi) is 5.00. The van der Waals surface area contributed by atoms with E-state index in [-0.39, 0.29) is 0 Å². The van der Waals surface area contributed by atoms with Gasteiger partial charge in [0.05, 0.1) is 11.4 Å². The Morgan fingerprint density at radius 3 is 2.60 bits per heavy atom. The second kappa shape index (κ2) is 6.55. The first-order valence-corrected chi connectivity index (χ1v) is 7.86. The summed E-state index contributed by atoms with van der Waals surface area (Å²) in [7, 11) is 0. The molecule has 0 unspecified atom stereocenters. The number of halogens is 1. The third kappa shape index (κ3) is 3.13. The molecule has 0 bridgehead atoms. The van der Waals surface area contributed by atoms with Crippen LogP contribution in [0.3, 0.4) is 0 Å². The van der Waals surface area contributed by atoms with Crippen molar-refractivity contribution < 1.29 is 0 Å². The van der Waals surface area contributed by atoms with E-state index in [2.05, 4.69) is 76.9 Å². The molecule has 0 saturated heterocycles. The minimum atomic E-state index is 0.861. The average molecular weight is 336 g/mol. The molecule has 0 amide bonds. The van der Waals surface area contributed by atoms with Crippen molar-refractivity contribution in [2.24, 2.45) is 0 Å². The topological polar surface area (TPSA) is 29.9 Å². The van der Waals surface area contributed by atoms with Crippen molar-refractivity contribution in [2.75, 3.05) is 6.54 Å². The van der Waals surface area contributed by atoms with Gasteiger partial charge in [-0.3, -0.25) is 0 Å². The van der Waals surface area contributed by atoms with E-state index in [9.17, 15) is 0 Å². The molecule has 1 aromatic heterocycles. The Morgan fingerprint density at radius 1 is 1.25 bits per heavy atom. The fraction of sp³-hybridized carbons (Fsp3) is 0.438. The maximum Gasteiger partial charge on any atom is 0.0694 e. The first-order chi connectivity index (χ1) is 9.54. The van der Waals surface area contributed by atoms with Crippen LogP contribution in [-0.2, 0) is 6.54 Å². The molecule has 0 radical (unpaired) electrons. The Balaban J connectivity index is 2.42. The summed E-state index contributed by atoms with van der Waals surface area (Å²) in [5, 5.41) is 8.14. The molecule has 0 aliphatic carbocycles. The molecular weight excluding hydrogens is 314 g/mol. The van der Waals surface area contributed by atoms with Gasteiger partial charge in [-0.15, -0.1) is 0 Å². The maximum absolute atomic E-state index is 4.67. The van der Waals surface area contributed by atoms with Crippen LogP contribution in [0.25, 0.3) is 5.69 Å². The molecule has 2 rings (SSSR count). The van der Waals surface area contributed by atoms with Gasteiger partial charge in [0.1, 0.15) is 0 Å². The van der Waals surface area contributed by atoms with Crippen molar-refractivity contribution in [2.45, 2.75) is 40.7 Å².